The summed E-state index contributed by atoms with van der Waals surface area (Å²) in [6, 6.07) is 15.3. The molecule has 0 spiro atoms. The van der Waals surface area contributed by atoms with Gasteiger partial charge in [-0.25, -0.2) is 0 Å². The molecule has 0 saturated carbocycles. The van der Waals surface area contributed by atoms with E-state index in [1.54, 1.807) is 55.6 Å². The summed E-state index contributed by atoms with van der Waals surface area (Å²) in [6.45, 7) is 0. The van der Waals surface area contributed by atoms with Crippen LogP contribution in [0.2, 0.25) is 0 Å². The standard InChI is InChI=1S/C21H19N3O4S2/c1-27-15-8-5-13(6-9-15)19(25)24-21(29)22-14-7-10-16(17(12-14)28-2)23-20(26)18-4-3-11-30-18/h3-12H,1-2H3,(H,23,26)(H2,22,24,25,29). The molecule has 154 valence electrons. The molecule has 3 aromatic rings. The third-order valence-electron chi connectivity index (χ3n) is 4.03. The molecule has 0 unspecified atom stereocenters. The molecule has 0 bridgehead atoms. The summed E-state index contributed by atoms with van der Waals surface area (Å²) >= 11 is 6.57. The topological polar surface area (TPSA) is 88.7 Å². The van der Waals surface area contributed by atoms with Crippen LogP contribution in [0.1, 0.15) is 20.0 Å². The zero-order chi connectivity index (χ0) is 21.5. The maximum atomic E-state index is 12.3. The summed E-state index contributed by atoms with van der Waals surface area (Å²) in [6.07, 6.45) is 0. The number of methoxy groups -OCH3 is 2. The van der Waals surface area contributed by atoms with Crippen LogP contribution in [-0.2, 0) is 0 Å². The quantitative estimate of drug-likeness (QED) is 0.498. The number of anilines is 2. The molecule has 0 aliphatic heterocycles. The van der Waals surface area contributed by atoms with Crippen molar-refractivity contribution >= 4 is 51.9 Å². The molecular formula is C21H19N3O4S2. The van der Waals surface area contributed by atoms with Gasteiger partial charge < -0.3 is 20.1 Å². The van der Waals surface area contributed by atoms with E-state index in [9.17, 15) is 9.59 Å². The van der Waals surface area contributed by atoms with E-state index in [0.29, 0.717) is 33.3 Å². The molecule has 0 aliphatic rings. The second-order valence-electron chi connectivity index (χ2n) is 5.98. The Labute approximate surface area is 183 Å². The highest BCUT2D eigenvalue weighted by Crippen LogP contribution is 2.28. The first kappa shape index (κ1) is 21.3. The van der Waals surface area contributed by atoms with E-state index < -0.39 is 0 Å². The summed E-state index contributed by atoms with van der Waals surface area (Å²) in [7, 11) is 3.06. The van der Waals surface area contributed by atoms with E-state index in [-0.39, 0.29) is 16.9 Å². The lowest BCUT2D eigenvalue weighted by Gasteiger charge is -2.14. The van der Waals surface area contributed by atoms with Crippen LogP contribution < -0.4 is 25.4 Å². The van der Waals surface area contributed by atoms with Gasteiger partial charge in [0.05, 0.1) is 24.8 Å². The van der Waals surface area contributed by atoms with Gasteiger partial charge in [0.2, 0.25) is 0 Å². The van der Waals surface area contributed by atoms with E-state index in [4.69, 9.17) is 21.7 Å². The fourth-order valence-electron chi connectivity index (χ4n) is 2.54. The van der Waals surface area contributed by atoms with Crippen molar-refractivity contribution < 1.29 is 19.1 Å². The zero-order valence-electron chi connectivity index (χ0n) is 16.2. The van der Waals surface area contributed by atoms with E-state index in [0.717, 1.165) is 0 Å². The van der Waals surface area contributed by atoms with Gasteiger partial charge in [0.15, 0.2) is 5.11 Å². The number of thiophene rings is 1. The molecule has 7 nitrogen and oxygen atoms in total. The van der Waals surface area contributed by atoms with Crippen LogP contribution in [0.15, 0.2) is 60.0 Å². The molecule has 0 fully saturated rings. The number of amides is 2. The van der Waals surface area contributed by atoms with Gasteiger partial charge in [-0.3, -0.25) is 14.9 Å². The number of carbonyl (C=O) groups excluding carboxylic acids is 2. The molecule has 2 amide bonds. The van der Waals surface area contributed by atoms with E-state index >= 15 is 0 Å². The minimum absolute atomic E-state index is 0.133. The zero-order valence-corrected chi connectivity index (χ0v) is 17.9. The summed E-state index contributed by atoms with van der Waals surface area (Å²) in [4.78, 5) is 25.2. The normalized spacial score (nSPS) is 10.1. The SMILES string of the molecule is COc1ccc(C(=O)NC(=S)Nc2ccc(NC(=O)c3cccs3)c(OC)c2)cc1. The highest BCUT2D eigenvalue weighted by atomic mass is 32.1. The molecule has 1 heterocycles. The Balaban J connectivity index is 1.63. The Morgan fingerprint density at radius 1 is 0.933 bits per heavy atom. The molecule has 2 aromatic carbocycles. The van der Waals surface area contributed by atoms with Crippen LogP contribution in [0, 0.1) is 0 Å². The van der Waals surface area contributed by atoms with Gasteiger partial charge >= 0.3 is 0 Å². The second-order valence-corrected chi connectivity index (χ2v) is 7.34. The van der Waals surface area contributed by atoms with Crippen molar-refractivity contribution in [2.45, 2.75) is 0 Å². The predicted molar refractivity (Wildman–Crippen MR) is 122 cm³/mol. The third kappa shape index (κ3) is 5.34. The average Bonchev–Trinajstić information content (AvgIpc) is 3.30. The fraction of sp³-hybridized carbons (Fsp3) is 0.0952. The Kier molecular flexibility index (Phi) is 6.99. The largest absolute Gasteiger partial charge is 0.497 e. The maximum absolute atomic E-state index is 12.3. The summed E-state index contributed by atoms with van der Waals surface area (Å²) in [5, 5.41) is 10.3. The first-order chi connectivity index (χ1) is 14.5. The first-order valence-electron chi connectivity index (χ1n) is 8.79. The lowest BCUT2D eigenvalue weighted by molar-refractivity contribution is 0.0976. The molecule has 0 radical (unpaired) electrons. The Morgan fingerprint density at radius 3 is 2.33 bits per heavy atom. The summed E-state index contributed by atoms with van der Waals surface area (Å²) < 4.78 is 10.4. The molecule has 0 aliphatic carbocycles. The van der Waals surface area contributed by atoms with Gasteiger partial charge in [0.1, 0.15) is 11.5 Å². The van der Waals surface area contributed by atoms with Gasteiger partial charge in [-0.15, -0.1) is 11.3 Å². The van der Waals surface area contributed by atoms with Crippen molar-refractivity contribution in [3.63, 3.8) is 0 Å². The van der Waals surface area contributed by atoms with Crippen molar-refractivity contribution in [1.29, 1.82) is 0 Å². The Hall–Kier alpha value is -3.43. The van der Waals surface area contributed by atoms with Gasteiger partial charge in [0, 0.05) is 17.3 Å². The molecule has 9 heteroatoms. The molecule has 3 rings (SSSR count). The molecule has 30 heavy (non-hydrogen) atoms. The monoisotopic (exact) mass is 441 g/mol. The second kappa shape index (κ2) is 9.86. The number of hydrogen-bond acceptors (Lipinski definition) is 6. The van der Waals surface area contributed by atoms with Crippen molar-refractivity contribution in [3.05, 3.63) is 70.4 Å². The molecule has 1 aromatic heterocycles. The average molecular weight is 442 g/mol. The van der Waals surface area contributed by atoms with E-state index in [1.165, 1.54) is 18.4 Å². The third-order valence-corrected chi connectivity index (χ3v) is 5.10. The van der Waals surface area contributed by atoms with Crippen molar-refractivity contribution in [1.82, 2.24) is 5.32 Å². The Bertz CT molecular complexity index is 1050. The maximum Gasteiger partial charge on any atom is 0.265 e. The molecule has 0 saturated heterocycles. The molecule has 3 N–H and O–H groups in total. The van der Waals surface area contributed by atoms with Gasteiger partial charge in [-0.1, -0.05) is 6.07 Å². The number of thiocarbonyl (C=S) groups is 1. The summed E-state index contributed by atoms with van der Waals surface area (Å²) in [5.41, 5.74) is 1.57. The number of carbonyl (C=O) groups is 2. The van der Waals surface area contributed by atoms with E-state index in [2.05, 4.69) is 16.0 Å². The van der Waals surface area contributed by atoms with Crippen LogP contribution in [0.25, 0.3) is 0 Å². The minimum Gasteiger partial charge on any atom is -0.497 e. The number of rotatable bonds is 6. The minimum atomic E-state index is -0.345. The van der Waals surface area contributed by atoms with Gasteiger partial charge in [-0.2, -0.15) is 0 Å². The first-order valence-corrected chi connectivity index (χ1v) is 10.1. The number of benzene rings is 2. The van der Waals surface area contributed by atoms with Gasteiger partial charge in [-0.05, 0) is 60.1 Å². The van der Waals surface area contributed by atoms with Crippen molar-refractivity contribution in [3.8, 4) is 11.5 Å². The van der Waals surface area contributed by atoms with Crippen LogP contribution >= 0.6 is 23.6 Å². The Morgan fingerprint density at radius 2 is 1.70 bits per heavy atom. The smallest absolute Gasteiger partial charge is 0.265 e. The summed E-state index contributed by atoms with van der Waals surface area (Å²) in [5.74, 6) is 0.549. The van der Waals surface area contributed by atoms with Crippen LogP contribution in [0.5, 0.6) is 11.5 Å². The highest BCUT2D eigenvalue weighted by Gasteiger charge is 2.13. The molecule has 0 atom stereocenters. The molecular weight excluding hydrogens is 422 g/mol. The van der Waals surface area contributed by atoms with Crippen molar-refractivity contribution in [2.75, 3.05) is 24.9 Å². The van der Waals surface area contributed by atoms with Crippen molar-refractivity contribution in [2.24, 2.45) is 0 Å². The van der Waals surface area contributed by atoms with Crippen LogP contribution in [-0.4, -0.2) is 31.1 Å². The van der Waals surface area contributed by atoms with Crippen LogP contribution in [0.4, 0.5) is 11.4 Å². The number of ether oxygens (including phenoxy) is 2. The lowest BCUT2D eigenvalue weighted by Crippen LogP contribution is -2.34. The predicted octanol–water partition coefficient (Wildman–Crippen LogP) is 4.14. The fourth-order valence-corrected chi connectivity index (χ4v) is 3.37. The number of nitrogens with one attached hydrogen (secondary N) is 3. The van der Waals surface area contributed by atoms with Gasteiger partial charge in [0.25, 0.3) is 11.8 Å². The van der Waals surface area contributed by atoms with Crippen LogP contribution in [0.3, 0.4) is 0 Å². The number of hydrogen-bond donors (Lipinski definition) is 3. The highest BCUT2D eigenvalue weighted by molar-refractivity contribution is 7.80. The van der Waals surface area contributed by atoms with E-state index in [1.807, 2.05) is 11.4 Å². The lowest BCUT2D eigenvalue weighted by atomic mass is 10.2.